The monoisotopic (exact) mass is 880 g/mol. The zero-order valence-corrected chi connectivity index (χ0v) is 41.4. The summed E-state index contributed by atoms with van der Waals surface area (Å²) in [6, 6.07) is -0.717. The number of rotatable bonds is 47. The lowest BCUT2D eigenvalue weighted by Gasteiger charge is -2.24. The maximum absolute atomic E-state index is 13.2. The Morgan fingerprint density at radius 1 is 0.476 bits per heavy atom. The normalized spacial score (nSPS) is 13.8. The molecule has 0 aromatic heterocycles. The maximum Gasteiger partial charge on any atom is 0.306 e. The lowest BCUT2D eigenvalue weighted by molar-refractivity contribution is -0.150. The first-order valence-corrected chi connectivity index (χ1v) is 26.7. The zero-order valence-electron chi connectivity index (χ0n) is 41.4. The minimum Gasteiger partial charge on any atom is -0.462 e. The van der Waals surface area contributed by atoms with Crippen LogP contribution in [0.1, 0.15) is 252 Å². The number of hydrogen-bond acceptors (Lipinski definition) is 5. The predicted molar refractivity (Wildman–Crippen MR) is 273 cm³/mol. The molecule has 0 aromatic carbocycles. The van der Waals surface area contributed by atoms with Gasteiger partial charge in [0.15, 0.2) is 0 Å². The Kier molecular flexibility index (Phi) is 48.1. The molecule has 0 aromatic rings. The van der Waals surface area contributed by atoms with Crippen molar-refractivity contribution < 1.29 is 24.5 Å². The van der Waals surface area contributed by atoms with Gasteiger partial charge >= 0.3 is 5.97 Å². The molecule has 0 fully saturated rings. The molecule has 0 aliphatic rings. The lowest BCUT2D eigenvalue weighted by atomic mass is 10.0. The predicted octanol–water partition coefficient (Wildman–Crippen LogP) is 16.2. The third-order valence-corrected chi connectivity index (χ3v) is 11.8. The zero-order chi connectivity index (χ0) is 45.9. The van der Waals surface area contributed by atoms with Crippen molar-refractivity contribution in [2.24, 2.45) is 0 Å². The number of carbonyl (C=O) groups is 2. The van der Waals surface area contributed by atoms with Crippen molar-refractivity contribution >= 4 is 11.9 Å². The summed E-state index contributed by atoms with van der Waals surface area (Å²) in [6.07, 6.45) is 64.0. The van der Waals surface area contributed by atoms with Gasteiger partial charge < -0.3 is 20.3 Å². The molecule has 0 heterocycles. The molecule has 0 saturated heterocycles. The van der Waals surface area contributed by atoms with Crippen LogP contribution in [0.15, 0.2) is 72.9 Å². The molecule has 1 amide bonds. The highest BCUT2D eigenvalue weighted by atomic mass is 16.5. The summed E-state index contributed by atoms with van der Waals surface area (Å²) >= 11 is 0. The molecule has 63 heavy (non-hydrogen) atoms. The standard InChI is InChI=1S/C57H101NO5/c1-4-7-10-13-16-19-22-24-26-27-28-29-30-32-35-38-41-44-47-50-57(62)63-53(48-45-42-39-36-33-21-18-15-12-9-6-3)51-56(61)58-54(52-59)55(60)49-46-43-40-37-34-31-25-23-20-17-14-11-8-5-2/h7,10,16,19,24,26,28-29,32,35,41,44,53-55,59-60H,4-6,8-9,11-15,17-18,20-23,25,27,30-31,33-34,36-40,42-43,45-52H2,1-3H3,(H,58,61)/b10-7-,19-16-,26-24-,29-28-,35-32-,44-41-. The summed E-state index contributed by atoms with van der Waals surface area (Å²) in [5, 5.41) is 23.8. The van der Waals surface area contributed by atoms with Crippen LogP contribution in [0.3, 0.4) is 0 Å². The summed E-state index contributed by atoms with van der Waals surface area (Å²) in [5.74, 6) is -0.571. The molecule has 0 aliphatic carbocycles. The van der Waals surface area contributed by atoms with Crippen LogP contribution in [0.5, 0.6) is 0 Å². The molecule has 6 nitrogen and oxygen atoms in total. The Labute approximate surface area is 390 Å². The number of aliphatic hydroxyl groups is 2. The third kappa shape index (κ3) is 45.7. The van der Waals surface area contributed by atoms with E-state index in [1.54, 1.807) is 0 Å². The van der Waals surface area contributed by atoms with E-state index in [1.807, 2.05) is 6.08 Å². The fraction of sp³-hybridized carbons (Fsp3) is 0.754. The number of aliphatic hydroxyl groups excluding tert-OH is 2. The summed E-state index contributed by atoms with van der Waals surface area (Å²) < 4.78 is 5.89. The highest BCUT2D eigenvalue weighted by Gasteiger charge is 2.24. The van der Waals surface area contributed by atoms with Crippen LogP contribution in [0.2, 0.25) is 0 Å². The molecule has 0 radical (unpaired) electrons. The van der Waals surface area contributed by atoms with Gasteiger partial charge in [0, 0.05) is 6.42 Å². The molecule has 364 valence electrons. The summed E-state index contributed by atoms with van der Waals surface area (Å²) in [5.41, 5.74) is 0. The van der Waals surface area contributed by atoms with Crippen LogP contribution in [0.4, 0.5) is 0 Å². The molecular formula is C57H101NO5. The third-order valence-electron chi connectivity index (χ3n) is 11.8. The quantitative estimate of drug-likeness (QED) is 0.0321. The second-order valence-corrected chi connectivity index (χ2v) is 17.9. The van der Waals surface area contributed by atoms with Crippen LogP contribution >= 0.6 is 0 Å². The van der Waals surface area contributed by atoms with Crippen LogP contribution in [0, 0.1) is 0 Å². The van der Waals surface area contributed by atoms with Crippen molar-refractivity contribution in [1.82, 2.24) is 5.32 Å². The van der Waals surface area contributed by atoms with E-state index in [-0.39, 0.29) is 31.3 Å². The molecule has 0 spiro atoms. The summed E-state index contributed by atoms with van der Waals surface area (Å²) in [7, 11) is 0. The van der Waals surface area contributed by atoms with Crippen LogP contribution < -0.4 is 5.32 Å². The number of hydrogen-bond donors (Lipinski definition) is 3. The summed E-state index contributed by atoms with van der Waals surface area (Å²) in [6.45, 7) is 6.36. The number of unbranched alkanes of at least 4 members (excludes halogenated alkanes) is 23. The first-order valence-electron chi connectivity index (χ1n) is 26.7. The molecule has 3 unspecified atom stereocenters. The van der Waals surface area contributed by atoms with Gasteiger partial charge in [0.1, 0.15) is 6.10 Å². The van der Waals surface area contributed by atoms with E-state index in [9.17, 15) is 19.8 Å². The average Bonchev–Trinajstić information content (AvgIpc) is 3.28. The van der Waals surface area contributed by atoms with Crippen molar-refractivity contribution in [3.05, 3.63) is 72.9 Å². The smallest absolute Gasteiger partial charge is 0.306 e. The summed E-state index contributed by atoms with van der Waals surface area (Å²) in [4.78, 5) is 26.1. The van der Waals surface area contributed by atoms with E-state index in [1.165, 1.54) is 122 Å². The van der Waals surface area contributed by atoms with Gasteiger partial charge in [0.25, 0.3) is 0 Å². The molecular weight excluding hydrogens is 779 g/mol. The first-order chi connectivity index (χ1) is 31.0. The molecule has 0 bridgehead atoms. The van der Waals surface area contributed by atoms with Gasteiger partial charge in [-0.1, -0.05) is 248 Å². The Bertz CT molecular complexity index is 1170. The molecule has 3 N–H and O–H groups in total. The topological polar surface area (TPSA) is 95.9 Å². The number of amides is 1. The Hall–Kier alpha value is -2.70. The van der Waals surface area contributed by atoms with Gasteiger partial charge in [0.2, 0.25) is 5.91 Å². The first kappa shape index (κ1) is 60.3. The SMILES string of the molecule is CC/C=C\C/C=C\C/C=C\C/C=C\C/C=C\C/C=C\CCC(=O)OC(CCCCCCCCCCCCC)CC(=O)NC(CO)C(O)CCCCCCCCCCCCCCCC. The Balaban J connectivity index is 4.62. The molecule has 6 heteroatoms. The highest BCUT2D eigenvalue weighted by Crippen LogP contribution is 2.18. The van der Waals surface area contributed by atoms with Gasteiger partial charge in [-0.3, -0.25) is 9.59 Å². The van der Waals surface area contributed by atoms with Crippen molar-refractivity contribution in [1.29, 1.82) is 0 Å². The largest absolute Gasteiger partial charge is 0.462 e. The number of ether oxygens (including phenoxy) is 1. The second-order valence-electron chi connectivity index (χ2n) is 17.9. The Morgan fingerprint density at radius 3 is 1.21 bits per heavy atom. The van der Waals surface area contributed by atoms with Gasteiger partial charge in [-0.05, 0) is 64.2 Å². The minimum atomic E-state index is -0.801. The van der Waals surface area contributed by atoms with Gasteiger partial charge in [0.05, 0.1) is 25.2 Å². The number of allylic oxidation sites excluding steroid dienone is 12. The van der Waals surface area contributed by atoms with Crippen LogP contribution in [0.25, 0.3) is 0 Å². The maximum atomic E-state index is 13.2. The highest BCUT2D eigenvalue weighted by molar-refractivity contribution is 5.77. The van der Waals surface area contributed by atoms with E-state index in [0.29, 0.717) is 19.3 Å². The van der Waals surface area contributed by atoms with Crippen molar-refractivity contribution in [2.75, 3.05) is 6.61 Å². The fourth-order valence-corrected chi connectivity index (χ4v) is 7.81. The molecule has 0 aliphatic heterocycles. The Morgan fingerprint density at radius 2 is 0.825 bits per heavy atom. The van der Waals surface area contributed by atoms with Crippen molar-refractivity contribution in [2.45, 2.75) is 270 Å². The number of esters is 1. The van der Waals surface area contributed by atoms with Gasteiger partial charge in [-0.15, -0.1) is 0 Å². The minimum absolute atomic E-state index is 0.0471. The lowest BCUT2D eigenvalue weighted by Crippen LogP contribution is -2.46. The fourth-order valence-electron chi connectivity index (χ4n) is 7.81. The van der Waals surface area contributed by atoms with Gasteiger partial charge in [-0.25, -0.2) is 0 Å². The number of carbonyl (C=O) groups excluding carboxylic acids is 2. The molecule has 0 saturated carbocycles. The van der Waals surface area contributed by atoms with Crippen molar-refractivity contribution in [3.8, 4) is 0 Å². The second kappa shape index (κ2) is 50.3. The number of nitrogens with one attached hydrogen (secondary N) is 1. The van der Waals surface area contributed by atoms with Crippen LogP contribution in [-0.2, 0) is 14.3 Å². The van der Waals surface area contributed by atoms with Gasteiger partial charge in [-0.2, -0.15) is 0 Å². The van der Waals surface area contributed by atoms with E-state index < -0.39 is 18.2 Å². The van der Waals surface area contributed by atoms with E-state index in [4.69, 9.17) is 4.74 Å². The average molecular weight is 880 g/mol. The van der Waals surface area contributed by atoms with E-state index >= 15 is 0 Å². The van der Waals surface area contributed by atoms with E-state index in [0.717, 1.165) is 77.0 Å². The van der Waals surface area contributed by atoms with E-state index in [2.05, 4.69) is 92.9 Å². The van der Waals surface area contributed by atoms with Crippen molar-refractivity contribution in [3.63, 3.8) is 0 Å². The molecule has 0 rings (SSSR count). The van der Waals surface area contributed by atoms with Crippen LogP contribution in [-0.4, -0.2) is 46.9 Å². The molecule has 3 atom stereocenters.